The summed E-state index contributed by atoms with van der Waals surface area (Å²) in [5.74, 6) is -1.39. The fourth-order valence-electron chi connectivity index (χ4n) is 1.16. The van der Waals surface area contributed by atoms with Crippen LogP contribution in [-0.2, 0) is 9.59 Å². The second kappa shape index (κ2) is 6.83. The molecule has 7 nitrogen and oxygen atoms in total. The van der Waals surface area contributed by atoms with E-state index in [0.717, 1.165) is 4.90 Å². The van der Waals surface area contributed by atoms with Gasteiger partial charge in [-0.15, -0.1) is 0 Å². The largest absolute Gasteiger partial charge is 0.480 e. The van der Waals surface area contributed by atoms with Crippen molar-refractivity contribution in [3.8, 4) is 0 Å². The summed E-state index contributed by atoms with van der Waals surface area (Å²) in [5.41, 5.74) is -1.33. The van der Waals surface area contributed by atoms with Gasteiger partial charge in [-0.3, -0.25) is 4.79 Å². The van der Waals surface area contributed by atoms with E-state index in [0.29, 0.717) is 6.54 Å². The molecule has 0 aliphatic carbocycles. The van der Waals surface area contributed by atoms with E-state index in [1.807, 2.05) is 0 Å². The van der Waals surface area contributed by atoms with E-state index in [1.54, 1.807) is 13.8 Å². The molecule has 0 aromatic rings. The predicted octanol–water partition coefficient (Wildman–Crippen LogP) is 0.0172. The molecule has 0 fully saturated rings. The summed E-state index contributed by atoms with van der Waals surface area (Å²) in [5, 5.41) is 14.0. The number of urea groups is 1. The van der Waals surface area contributed by atoms with E-state index in [-0.39, 0.29) is 18.9 Å². The summed E-state index contributed by atoms with van der Waals surface area (Å²) >= 11 is 0. The highest BCUT2D eigenvalue weighted by atomic mass is 16.4. The molecule has 0 radical (unpaired) electrons. The van der Waals surface area contributed by atoms with Crippen LogP contribution >= 0.6 is 0 Å². The van der Waals surface area contributed by atoms with Gasteiger partial charge in [0.25, 0.3) is 0 Å². The fourth-order valence-corrected chi connectivity index (χ4v) is 1.16. The smallest absolute Gasteiger partial charge is 0.329 e. The van der Waals surface area contributed by atoms with Crippen LogP contribution in [0.2, 0.25) is 0 Å². The predicted molar refractivity (Wildman–Crippen MR) is 66.2 cm³/mol. The van der Waals surface area contributed by atoms with Crippen LogP contribution in [0.3, 0.4) is 0 Å². The minimum atomic E-state index is -1.33. The van der Waals surface area contributed by atoms with E-state index in [9.17, 15) is 14.4 Å². The molecule has 0 saturated heterocycles. The number of rotatable bonds is 6. The van der Waals surface area contributed by atoms with E-state index in [4.69, 9.17) is 5.11 Å². The molecule has 7 heteroatoms. The van der Waals surface area contributed by atoms with Gasteiger partial charge in [0.05, 0.1) is 0 Å². The van der Waals surface area contributed by atoms with Crippen LogP contribution in [0.4, 0.5) is 4.79 Å². The van der Waals surface area contributed by atoms with Gasteiger partial charge in [-0.25, -0.2) is 9.59 Å². The number of amides is 3. The maximum Gasteiger partial charge on any atom is 0.329 e. The molecule has 0 rings (SSSR count). The van der Waals surface area contributed by atoms with E-state index in [2.05, 4.69) is 10.6 Å². The highest BCUT2D eigenvalue weighted by Crippen LogP contribution is 2.09. The Bertz CT molecular complexity index is 332. The Hall–Kier alpha value is -1.79. The van der Waals surface area contributed by atoms with Crippen LogP contribution < -0.4 is 10.6 Å². The third kappa shape index (κ3) is 4.60. The number of hydrogen-bond acceptors (Lipinski definition) is 3. The lowest BCUT2D eigenvalue weighted by Gasteiger charge is -2.27. The van der Waals surface area contributed by atoms with Gasteiger partial charge in [-0.05, 0) is 20.3 Å². The van der Waals surface area contributed by atoms with Crippen molar-refractivity contribution in [2.75, 3.05) is 20.1 Å². The number of aliphatic carboxylic acids is 1. The zero-order chi connectivity index (χ0) is 14.3. The first-order valence-corrected chi connectivity index (χ1v) is 5.80. The molecule has 0 aromatic heterocycles. The maximum atomic E-state index is 11.7. The number of nitrogens with one attached hydrogen (secondary N) is 2. The van der Waals surface area contributed by atoms with E-state index < -0.39 is 17.5 Å². The molecule has 1 unspecified atom stereocenters. The summed E-state index contributed by atoms with van der Waals surface area (Å²) in [6.45, 7) is 5.23. The molecule has 0 saturated carbocycles. The molecular formula is C11H21N3O4. The summed E-state index contributed by atoms with van der Waals surface area (Å²) < 4.78 is 0. The number of carbonyl (C=O) groups excluding carboxylic acids is 2. The zero-order valence-electron chi connectivity index (χ0n) is 11.2. The maximum absolute atomic E-state index is 11.7. The monoisotopic (exact) mass is 259 g/mol. The Morgan fingerprint density at radius 3 is 2.22 bits per heavy atom. The summed E-state index contributed by atoms with van der Waals surface area (Å²) in [4.78, 5) is 35.2. The number of likely N-dealkylation sites (N-methyl/N-ethyl adjacent to an activating group) is 2. The van der Waals surface area contributed by atoms with Gasteiger partial charge in [0.1, 0.15) is 12.1 Å². The first-order valence-electron chi connectivity index (χ1n) is 5.80. The summed E-state index contributed by atoms with van der Waals surface area (Å²) in [6, 6.07) is -0.590. The number of carboxylic acids is 1. The van der Waals surface area contributed by atoms with Crippen LogP contribution in [-0.4, -0.2) is 53.6 Å². The standard InChI is InChI=1S/C11H21N3O4/c1-5-11(3,9(16)17)13-10(18)14(4)7-8(15)12-6-2/h5-7H2,1-4H3,(H,12,15)(H,13,18)(H,16,17). The third-order valence-corrected chi connectivity index (χ3v) is 2.66. The van der Waals surface area contributed by atoms with Crippen molar-refractivity contribution >= 4 is 17.9 Å². The van der Waals surface area contributed by atoms with Crippen molar-refractivity contribution in [3.63, 3.8) is 0 Å². The lowest BCUT2D eigenvalue weighted by molar-refractivity contribution is -0.143. The van der Waals surface area contributed by atoms with Crippen LogP contribution in [0.5, 0.6) is 0 Å². The Balaban J connectivity index is 4.48. The Labute approximate surface area is 107 Å². The van der Waals surface area contributed by atoms with Gasteiger partial charge in [0.15, 0.2) is 0 Å². The quantitative estimate of drug-likeness (QED) is 0.626. The van der Waals surface area contributed by atoms with Crippen LogP contribution in [0.1, 0.15) is 27.2 Å². The molecular weight excluding hydrogens is 238 g/mol. The molecule has 0 aliphatic rings. The second-order valence-corrected chi connectivity index (χ2v) is 4.23. The minimum absolute atomic E-state index is 0.112. The lowest BCUT2D eigenvalue weighted by atomic mass is 10.00. The Morgan fingerprint density at radius 2 is 1.83 bits per heavy atom. The van der Waals surface area contributed by atoms with E-state index >= 15 is 0 Å². The molecule has 104 valence electrons. The summed E-state index contributed by atoms with van der Waals surface area (Å²) in [7, 11) is 1.43. The van der Waals surface area contributed by atoms with Gasteiger partial charge in [-0.1, -0.05) is 6.92 Å². The Morgan fingerprint density at radius 1 is 1.28 bits per heavy atom. The number of hydrogen-bond donors (Lipinski definition) is 3. The van der Waals surface area contributed by atoms with E-state index in [1.165, 1.54) is 14.0 Å². The van der Waals surface area contributed by atoms with Gasteiger partial charge < -0.3 is 20.6 Å². The first-order chi connectivity index (χ1) is 8.26. The highest BCUT2D eigenvalue weighted by Gasteiger charge is 2.33. The third-order valence-electron chi connectivity index (χ3n) is 2.66. The van der Waals surface area contributed by atoms with Crippen LogP contribution in [0.25, 0.3) is 0 Å². The van der Waals surface area contributed by atoms with Crippen molar-refractivity contribution in [3.05, 3.63) is 0 Å². The van der Waals surface area contributed by atoms with Crippen molar-refractivity contribution in [1.29, 1.82) is 0 Å². The molecule has 0 heterocycles. The van der Waals surface area contributed by atoms with Crippen molar-refractivity contribution in [1.82, 2.24) is 15.5 Å². The average Bonchev–Trinajstić information content (AvgIpc) is 2.28. The fraction of sp³-hybridized carbons (Fsp3) is 0.727. The molecule has 1 atom stereocenters. The second-order valence-electron chi connectivity index (χ2n) is 4.23. The van der Waals surface area contributed by atoms with Crippen LogP contribution in [0, 0.1) is 0 Å². The molecule has 3 amide bonds. The van der Waals surface area contributed by atoms with Crippen LogP contribution in [0.15, 0.2) is 0 Å². The SMILES string of the molecule is CCNC(=O)CN(C)C(=O)NC(C)(CC)C(=O)O. The molecule has 0 bridgehead atoms. The number of carbonyl (C=O) groups is 3. The number of nitrogens with zero attached hydrogens (tertiary/aromatic N) is 1. The molecule has 0 spiro atoms. The average molecular weight is 259 g/mol. The zero-order valence-corrected chi connectivity index (χ0v) is 11.2. The first kappa shape index (κ1) is 16.2. The Kier molecular flexibility index (Phi) is 6.15. The van der Waals surface area contributed by atoms with Crippen molar-refractivity contribution in [2.45, 2.75) is 32.7 Å². The molecule has 0 aromatic carbocycles. The minimum Gasteiger partial charge on any atom is -0.480 e. The normalized spacial score (nSPS) is 13.3. The molecule has 0 aliphatic heterocycles. The van der Waals surface area contributed by atoms with Gasteiger partial charge >= 0.3 is 12.0 Å². The number of carboxylic acid groups (broad SMARTS) is 1. The lowest BCUT2D eigenvalue weighted by Crippen LogP contribution is -2.56. The highest BCUT2D eigenvalue weighted by molar-refractivity contribution is 5.88. The molecule has 3 N–H and O–H groups in total. The molecule has 18 heavy (non-hydrogen) atoms. The van der Waals surface area contributed by atoms with Gasteiger partial charge in [-0.2, -0.15) is 0 Å². The topological polar surface area (TPSA) is 98.7 Å². The van der Waals surface area contributed by atoms with Gasteiger partial charge in [0, 0.05) is 13.6 Å². The van der Waals surface area contributed by atoms with Crippen molar-refractivity contribution in [2.24, 2.45) is 0 Å². The van der Waals surface area contributed by atoms with Crippen molar-refractivity contribution < 1.29 is 19.5 Å². The van der Waals surface area contributed by atoms with Gasteiger partial charge in [0.2, 0.25) is 5.91 Å². The summed E-state index contributed by atoms with van der Waals surface area (Å²) in [6.07, 6.45) is 0.253.